The molecule has 3 rings (SSSR count). The Morgan fingerprint density at radius 1 is 1.21 bits per heavy atom. The normalized spacial score (nSPS) is 19.6. The van der Waals surface area contributed by atoms with Crippen LogP contribution in [0.15, 0.2) is 16.6 Å². The van der Waals surface area contributed by atoms with Crippen LogP contribution in [0.4, 0.5) is 13.2 Å². The zero-order valence-corrected chi connectivity index (χ0v) is 11.4. The van der Waals surface area contributed by atoms with E-state index < -0.39 is 11.7 Å². The highest BCUT2D eigenvalue weighted by Gasteiger charge is 2.62. The molecule has 0 spiro atoms. The molecule has 0 radical (unpaired) electrons. The summed E-state index contributed by atoms with van der Waals surface area (Å²) < 4.78 is 49.5. The van der Waals surface area contributed by atoms with Crippen molar-refractivity contribution in [3.63, 3.8) is 0 Å². The minimum atomic E-state index is -4.20. The number of halogens is 4. The third-order valence-electron chi connectivity index (χ3n) is 3.45. The first-order chi connectivity index (χ1) is 8.91. The van der Waals surface area contributed by atoms with Gasteiger partial charge >= 0.3 is 6.18 Å². The predicted molar refractivity (Wildman–Crippen MR) is 65.1 cm³/mol. The molecule has 19 heavy (non-hydrogen) atoms. The van der Waals surface area contributed by atoms with Crippen molar-refractivity contribution < 1.29 is 22.6 Å². The van der Waals surface area contributed by atoms with Crippen LogP contribution in [0.1, 0.15) is 18.4 Å². The van der Waals surface area contributed by atoms with E-state index in [2.05, 4.69) is 21.2 Å². The Labute approximate surface area is 116 Å². The standard InChI is InChI=1S/C12H11BrF3NO2/c13-8-4-10-9(18-6-19-10)3-7(8)5-17-11(1-2-11)12(14,15)16/h3-4,17H,1-2,5-6H2. The zero-order valence-electron chi connectivity index (χ0n) is 9.81. The molecule has 104 valence electrons. The number of ether oxygens (including phenoxy) is 2. The van der Waals surface area contributed by atoms with Gasteiger partial charge in [-0.05, 0) is 30.5 Å². The molecule has 2 aliphatic rings. The van der Waals surface area contributed by atoms with E-state index in [-0.39, 0.29) is 26.2 Å². The Kier molecular flexibility index (Phi) is 2.94. The van der Waals surface area contributed by atoms with Gasteiger partial charge in [0.05, 0.1) is 0 Å². The van der Waals surface area contributed by atoms with E-state index in [0.29, 0.717) is 16.0 Å². The molecule has 1 aliphatic heterocycles. The highest BCUT2D eigenvalue weighted by molar-refractivity contribution is 9.10. The van der Waals surface area contributed by atoms with E-state index in [0.717, 1.165) is 5.56 Å². The van der Waals surface area contributed by atoms with Gasteiger partial charge in [0.2, 0.25) is 6.79 Å². The summed E-state index contributed by atoms with van der Waals surface area (Å²) in [4.78, 5) is 0. The maximum absolute atomic E-state index is 12.8. The fourth-order valence-corrected chi connectivity index (χ4v) is 2.51. The highest BCUT2D eigenvalue weighted by Crippen LogP contribution is 2.49. The first-order valence-electron chi connectivity index (χ1n) is 5.81. The van der Waals surface area contributed by atoms with Crippen LogP contribution in [-0.2, 0) is 6.54 Å². The molecule has 1 saturated carbocycles. The molecule has 0 amide bonds. The molecule has 0 saturated heterocycles. The molecular formula is C12H11BrF3NO2. The summed E-state index contributed by atoms with van der Waals surface area (Å²) in [5, 5.41) is 2.61. The second kappa shape index (κ2) is 4.28. The molecule has 1 N–H and O–H groups in total. The van der Waals surface area contributed by atoms with Gasteiger partial charge in [-0.1, -0.05) is 15.9 Å². The smallest absolute Gasteiger partial charge is 0.406 e. The molecule has 0 bridgehead atoms. The van der Waals surface area contributed by atoms with E-state index in [1.54, 1.807) is 12.1 Å². The lowest BCUT2D eigenvalue weighted by Gasteiger charge is -2.21. The predicted octanol–water partition coefficient (Wildman–Crippen LogP) is 3.36. The Balaban J connectivity index is 1.75. The number of hydrogen-bond donors (Lipinski definition) is 1. The number of rotatable bonds is 3. The van der Waals surface area contributed by atoms with Gasteiger partial charge in [-0.25, -0.2) is 0 Å². The molecule has 1 heterocycles. The van der Waals surface area contributed by atoms with E-state index >= 15 is 0 Å². The quantitative estimate of drug-likeness (QED) is 0.917. The lowest BCUT2D eigenvalue weighted by atomic mass is 10.1. The van der Waals surface area contributed by atoms with Gasteiger partial charge in [0, 0.05) is 11.0 Å². The molecule has 0 aromatic heterocycles. The molecule has 3 nitrogen and oxygen atoms in total. The van der Waals surface area contributed by atoms with Crippen LogP contribution in [0.25, 0.3) is 0 Å². The Bertz CT molecular complexity index is 514. The first-order valence-corrected chi connectivity index (χ1v) is 6.60. The number of alkyl halides is 3. The van der Waals surface area contributed by atoms with Crippen molar-refractivity contribution in [1.29, 1.82) is 0 Å². The summed E-state index contributed by atoms with van der Waals surface area (Å²) in [6.45, 7) is 0.280. The van der Waals surface area contributed by atoms with Crippen LogP contribution < -0.4 is 14.8 Å². The van der Waals surface area contributed by atoms with E-state index in [1.165, 1.54) is 0 Å². The van der Waals surface area contributed by atoms with Crippen molar-refractivity contribution in [3.05, 3.63) is 22.2 Å². The summed E-state index contributed by atoms with van der Waals surface area (Å²) in [6.07, 6.45) is -3.92. The van der Waals surface area contributed by atoms with Gasteiger partial charge in [-0.15, -0.1) is 0 Å². The summed E-state index contributed by atoms with van der Waals surface area (Å²) in [6, 6.07) is 3.42. The topological polar surface area (TPSA) is 30.5 Å². The number of nitrogens with one attached hydrogen (secondary N) is 1. The van der Waals surface area contributed by atoms with Crippen LogP contribution in [0.5, 0.6) is 11.5 Å². The molecule has 1 aromatic carbocycles. The maximum atomic E-state index is 12.8. The monoisotopic (exact) mass is 337 g/mol. The van der Waals surface area contributed by atoms with Gasteiger partial charge in [-0.3, -0.25) is 5.32 Å². The first kappa shape index (κ1) is 13.1. The summed E-state index contributed by atoms with van der Waals surface area (Å²) >= 11 is 3.33. The van der Waals surface area contributed by atoms with Crippen molar-refractivity contribution in [2.45, 2.75) is 31.1 Å². The lowest BCUT2D eigenvalue weighted by molar-refractivity contribution is -0.166. The van der Waals surface area contributed by atoms with Crippen LogP contribution in [0.2, 0.25) is 0 Å². The number of benzene rings is 1. The fraction of sp³-hybridized carbons (Fsp3) is 0.500. The second-order valence-electron chi connectivity index (χ2n) is 4.73. The third kappa shape index (κ3) is 2.29. The molecule has 7 heteroatoms. The highest BCUT2D eigenvalue weighted by atomic mass is 79.9. The van der Waals surface area contributed by atoms with Crippen LogP contribution in [-0.4, -0.2) is 18.5 Å². The zero-order chi connectivity index (χ0) is 13.7. The second-order valence-corrected chi connectivity index (χ2v) is 5.58. The molecule has 1 fully saturated rings. The van der Waals surface area contributed by atoms with Crippen molar-refractivity contribution in [2.24, 2.45) is 0 Å². The van der Waals surface area contributed by atoms with Crippen molar-refractivity contribution in [2.75, 3.05) is 6.79 Å². The maximum Gasteiger partial charge on any atom is 0.406 e. The van der Waals surface area contributed by atoms with Crippen LogP contribution in [0, 0.1) is 0 Å². The summed E-state index contributed by atoms with van der Waals surface area (Å²) in [5.41, 5.74) is -0.984. The fourth-order valence-electron chi connectivity index (χ4n) is 2.04. The van der Waals surface area contributed by atoms with Crippen LogP contribution in [0.3, 0.4) is 0 Å². The van der Waals surface area contributed by atoms with Crippen molar-refractivity contribution in [3.8, 4) is 11.5 Å². The summed E-state index contributed by atoms with van der Waals surface area (Å²) in [7, 11) is 0. The Morgan fingerprint density at radius 2 is 1.84 bits per heavy atom. The molecule has 1 aromatic rings. The largest absolute Gasteiger partial charge is 0.454 e. The number of hydrogen-bond acceptors (Lipinski definition) is 3. The minimum absolute atomic E-state index is 0.136. The third-order valence-corrected chi connectivity index (χ3v) is 4.19. The van der Waals surface area contributed by atoms with Crippen molar-refractivity contribution >= 4 is 15.9 Å². The lowest BCUT2D eigenvalue weighted by Crippen LogP contribution is -2.44. The van der Waals surface area contributed by atoms with E-state index in [4.69, 9.17) is 9.47 Å². The van der Waals surface area contributed by atoms with E-state index in [9.17, 15) is 13.2 Å². The molecule has 0 atom stereocenters. The Hall–Kier alpha value is -0.950. The van der Waals surface area contributed by atoms with Gasteiger partial charge in [0.1, 0.15) is 5.54 Å². The van der Waals surface area contributed by atoms with Gasteiger partial charge < -0.3 is 9.47 Å². The molecule has 1 aliphatic carbocycles. The van der Waals surface area contributed by atoms with Gasteiger partial charge in [0.25, 0.3) is 0 Å². The average Bonchev–Trinajstić information content (AvgIpc) is 3.00. The SMILES string of the molecule is FC(F)(F)C1(NCc2cc3c(cc2Br)OCO3)CC1. The van der Waals surface area contributed by atoms with Crippen LogP contribution >= 0.6 is 15.9 Å². The van der Waals surface area contributed by atoms with Crippen molar-refractivity contribution in [1.82, 2.24) is 5.32 Å². The molecular weight excluding hydrogens is 327 g/mol. The average molecular weight is 338 g/mol. The molecule has 0 unspecified atom stereocenters. The minimum Gasteiger partial charge on any atom is -0.454 e. The van der Waals surface area contributed by atoms with Gasteiger partial charge in [-0.2, -0.15) is 13.2 Å². The Morgan fingerprint density at radius 3 is 2.42 bits per heavy atom. The van der Waals surface area contributed by atoms with Gasteiger partial charge in [0.15, 0.2) is 11.5 Å². The summed E-state index contributed by atoms with van der Waals surface area (Å²) in [5.74, 6) is 1.17. The van der Waals surface area contributed by atoms with E-state index in [1.807, 2.05) is 0 Å². The number of fused-ring (bicyclic) bond motifs is 1.